The van der Waals surface area contributed by atoms with Crippen LogP contribution in [0.3, 0.4) is 0 Å². The van der Waals surface area contributed by atoms with Crippen molar-refractivity contribution in [2.24, 2.45) is 0 Å². The van der Waals surface area contributed by atoms with Crippen LogP contribution >= 0.6 is 0 Å². The molecule has 1 saturated heterocycles. The Labute approximate surface area is 121 Å². The molecule has 0 aliphatic carbocycles. The Morgan fingerprint density at radius 2 is 1.76 bits per heavy atom. The summed E-state index contributed by atoms with van der Waals surface area (Å²) in [5.74, 6) is 0.333. The first-order valence-electron chi connectivity index (χ1n) is 6.69. The van der Waals surface area contributed by atoms with Crippen LogP contribution in [0.15, 0.2) is 18.2 Å². The first-order chi connectivity index (χ1) is 9.74. The Kier molecular flexibility index (Phi) is 4.10. The number of piperazine rings is 1. The van der Waals surface area contributed by atoms with Gasteiger partial charge in [0.25, 0.3) is 0 Å². The van der Waals surface area contributed by atoms with Gasteiger partial charge in [-0.15, -0.1) is 0 Å². The first kappa shape index (κ1) is 15.6. The molecule has 0 N–H and O–H groups in total. The predicted octanol–water partition coefficient (Wildman–Crippen LogP) is 2.52. The van der Waals surface area contributed by atoms with Crippen molar-refractivity contribution in [3.8, 4) is 6.07 Å². The Morgan fingerprint density at radius 3 is 2.29 bits per heavy atom. The van der Waals surface area contributed by atoms with Crippen LogP contribution < -0.4 is 4.90 Å². The van der Waals surface area contributed by atoms with Gasteiger partial charge in [-0.3, -0.25) is 4.90 Å². The lowest BCUT2D eigenvalue weighted by Crippen LogP contribution is -2.54. The zero-order chi connectivity index (χ0) is 15.7. The highest BCUT2D eigenvalue weighted by Crippen LogP contribution is 2.29. The van der Waals surface area contributed by atoms with Gasteiger partial charge in [-0.2, -0.15) is 18.4 Å². The number of anilines is 1. The lowest BCUT2D eigenvalue weighted by Gasteiger charge is -2.40. The zero-order valence-electron chi connectivity index (χ0n) is 12.0. The Bertz CT molecular complexity index is 540. The van der Waals surface area contributed by atoms with Gasteiger partial charge in [0.2, 0.25) is 0 Å². The van der Waals surface area contributed by atoms with Crippen LogP contribution in [-0.2, 0) is 6.18 Å². The highest BCUT2D eigenvalue weighted by Gasteiger charge is 2.34. The predicted molar refractivity (Wildman–Crippen MR) is 72.7 cm³/mol. The van der Waals surface area contributed by atoms with Crippen LogP contribution in [0.2, 0.25) is 0 Å². The van der Waals surface area contributed by atoms with Gasteiger partial charge in [-0.1, -0.05) is 6.07 Å². The number of hydrogen-bond donors (Lipinski definition) is 0. The van der Waals surface area contributed by atoms with E-state index in [0.717, 1.165) is 6.07 Å². The van der Waals surface area contributed by atoms with Crippen LogP contribution in [0.4, 0.5) is 19.0 Å². The molecule has 1 aliphatic heterocycles. The van der Waals surface area contributed by atoms with Crippen molar-refractivity contribution in [3.05, 3.63) is 23.9 Å². The number of pyridine rings is 1. The fourth-order valence-electron chi connectivity index (χ4n) is 2.32. The largest absolute Gasteiger partial charge is 0.433 e. The normalized spacial score (nSPS) is 17.6. The number of nitrogens with zero attached hydrogens (tertiary/aromatic N) is 4. The van der Waals surface area contributed by atoms with E-state index in [9.17, 15) is 13.2 Å². The molecule has 1 aliphatic rings. The minimum Gasteiger partial charge on any atom is -0.354 e. The zero-order valence-corrected chi connectivity index (χ0v) is 12.0. The fourth-order valence-corrected chi connectivity index (χ4v) is 2.32. The molecule has 0 unspecified atom stereocenters. The van der Waals surface area contributed by atoms with Crippen molar-refractivity contribution in [2.75, 3.05) is 31.1 Å². The third-order valence-corrected chi connectivity index (χ3v) is 3.69. The summed E-state index contributed by atoms with van der Waals surface area (Å²) in [5.41, 5.74) is -1.44. The molecule has 1 aromatic heterocycles. The second kappa shape index (κ2) is 5.53. The lowest BCUT2D eigenvalue weighted by atomic mass is 10.0. The van der Waals surface area contributed by atoms with E-state index in [1.807, 2.05) is 23.6 Å². The first-order valence-corrected chi connectivity index (χ1v) is 6.69. The number of hydrogen-bond acceptors (Lipinski definition) is 4. The van der Waals surface area contributed by atoms with Gasteiger partial charge >= 0.3 is 6.18 Å². The van der Waals surface area contributed by atoms with E-state index in [2.05, 4.69) is 11.1 Å². The second-order valence-electron chi connectivity index (χ2n) is 5.52. The van der Waals surface area contributed by atoms with Crippen molar-refractivity contribution < 1.29 is 13.2 Å². The summed E-state index contributed by atoms with van der Waals surface area (Å²) >= 11 is 0. The molecule has 114 valence electrons. The summed E-state index contributed by atoms with van der Waals surface area (Å²) in [5, 5.41) is 9.11. The molecule has 0 amide bonds. The summed E-state index contributed by atoms with van der Waals surface area (Å²) in [4.78, 5) is 7.54. The minimum atomic E-state index is -4.43. The quantitative estimate of drug-likeness (QED) is 0.841. The summed E-state index contributed by atoms with van der Waals surface area (Å²) in [7, 11) is 0. The monoisotopic (exact) mass is 298 g/mol. The fraction of sp³-hybridized carbons (Fsp3) is 0.571. The Morgan fingerprint density at radius 1 is 1.14 bits per heavy atom. The van der Waals surface area contributed by atoms with Gasteiger partial charge < -0.3 is 4.90 Å². The summed E-state index contributed by atoms with van der Waals surface area (Å²) in [6.07, 6.45) is -4.43. The SMILES string of the molecule is CC(C)(C#N)N1CCN(c2cccc(C(F)(F)F)n2)CC1. The highest BCUT2D eigenvalue weighted by atomic mass is 19.4. The molecule has 0 aromatic carbocycles. The molecule has 0 spiro atoms. The number of halogens is 3. The van der Waals surface area contributed by atoms with Gasteiger partial charge in [0.1, 0.15) is 17.1 Å². The minimum absolute atomic E-state index is 0.333. The van der Waals surface area contributed by atoms with Crippen LogP contribution in [0.5, 0.6) is 0 Å². The summed E-state index contributed by atoms with van der Waals surface area (Å²) in [6.45, 7) is 6.03. The van der Waals surface area contributed by atoms with Crippen molar-refractivity contribution >= 4 is 5.82 Å². The molecular weight excluding hydrogens is 281 g/mol. The molecule has 1 aromatic rings. The van der Waals surface area contributed by atoms with Crippen LogP contribution in [-0.4, -0.2) is 41.6 Å². The third-order valence-electron chi connectivity index (χ3n) is 3.69. The van der Waals surface area contributed by atoms with E-state index >= 15 is 0 Å². The third kappa shape index (κ3) is 3.45. The molecular formula is C14H17F3N4. The number of alkyl halides is 3. The van der Waals surface area contributed by atoms with Crippen LogP contribution in [0.25, 0.3) is 0 Å². The van der Waals surface area contributed by atoms with Crippen molar-refractivity contribution in [2.45, 2.75) is 25.6 Å². The Balaban J connectivity index is 2.08. The summed E-state index contributed by atoms with van der Waals surface area (Å²) in [6, 6.07) is 6.16. The maximum Gasteiger partial charge on any atom is 0.433 e. The molecule has 21 heavy (non-hydrogen) atoms. The molecule has 0 bridgehead atoms. The van der Waals surface area contributed by atoms with Crippen LogP contribution in [0.1, 0.15) is 19.5 Å². The van der Waals surface area contributed by atoms with E-state index in [4.69, 9.17) is 5.26 Å². The topological polar surface area (TPSA) is 43.2 Å². The molecule has 0 saturated carbocycles. The van der Waals surface area contributed by atoms with Crippen molar-refractivity contribution in [1.29, 1.82) is 5.26 Å². The summed E-state index contributed by atoms with van der Waals surface area (Å²) < 4.78 is 38.0. The smallest absolute Gasteiger partial charge is 0.354 e. The molecule has 2 rings (SSSR count). The van der Waals surface area contributed by atoms with Gasteiger partial charge in [-0.25, -0.2) is 4.98 Å². The van der Waals surface area contributed by atoms with Gasteiger partial charge in [-0.05, 0) is 26.0 Å². The van der Waals surface area contributed by atoms with Gasteiger partial charge in [0, 0.05) is 26.2 Å². The molecule has 1 fully saturated rings. The lowest BCUT2D eigenvalue weighted by molar-refractivity contribution is -0.141. The van der Waals surface area contributed by atoms with E-state index in [0.29, 0.717) is 32.0 Å². The Hall–Kier alpha value is -1.81. The second-order valence-corrected chi connectivity index (χ2v) is 5.52. The van der Waals surface area contributed by atoms with E-state index in [1.165, 1.54) is 6.07 Å². The number of nitriles is 1. The average Bonchev–Trinajstić information content (AvgIpc) is 2.47. The number of rotatable bonds is 2. The molecule has 7 heteroatoms. The number of aromatic nitrogens is 1. The maximum atomic E-state index is 12.7. The van der Waals surface area contributed by atoms with Crippen molar-refractivity contribution in [1.82, 2.24) is 9.88 Å². The average molecular weight is 298 g/mol. The molecule has 0 atom stereocenters. The standard InChI is InChI=1S/C14H17F3N4/c1-13(2,10-18)21-8-6-20(7-9-21)12-5-3-4-11(19-12)14(15,16)17/h3-5H,6-9H2,1-2H3. The van der Waals surface area contributed by atoms with E-state index < -0.39 is 17.4 Å². The molecule has 4 nitrogen and oxygen atoms in total. The van der Waals surface area contributed by atoms with Crippen LogP contribution in [0, 0.1) is 11.3 Å². The van der Waals surface area contributed by atoms with Crippen molar-refractivity contribution in [3.63, 3.8) is 0 Å². The molecule has 2 heterocycles. The van der Waals surface area contributed by atoms with E-state index in [-0.39, 0.29) is 0 Å². The van der Waals surface area contributed by atoms with Gasteiger partial charge in [0.15, 0.2) is 0 Å². The molecule has 0 radical (unpaired) electrons. The van der Waals surface area contributed by atoms with E-state index in [1.54, 1.807) is 6.07 Å². The highest BCUT2D eigenvalue weighted by molar-refractivity contribution is 5.40. The maximum absolute atomic E-state index is 12.7. The van der Waals surface area contributed by atoms with Gasteiger partial charge in [0.05, 0.1) is 6.07 Å².